The Hall–Kier alpha value is -0.940. The van der Waals surface area contributed by atoms with E-state index in [9.17, 15) is 5.21 Å². The molecule has 0 spiro atoms. The minimum absolute atomic E-state index is 0.198. The monoisotopic (exact) mass is 264 g/mol. The van der Waals surface area contributed by atoms with Crippen molar-refractivity contribution in [3.8, 4) is 0 Å². The third kappa shape index (κ3) is 3.15. The number of fused-ring (bicyclic) bond motifs is 1. The number of nitrogens with zero attached hydrogens (tertiary/aromatic N) is 1. The maximum atomic E-state index is 10.3. The van der Waals surface area contributed by atoms with Gasteiger partial charge >= 0.3 is 0 Å². The summed E-state index contributed by atoms with van der Waals surface area (Å²) in [4.78, 5) is 4.55. The maximum absolute atomic E-state index is 10.3. The summed E-state index contributed by atoms with van der Waals surface area (Å²) in [7, 11) is 0. The Morgan fingerprint density at radius 2 is 2.05 bits per heavy atom. The van der Waals surface area contributed by atoms with Gasteiger partial charge in [-0.25, -0.2) is 0 Å². The Balaban J connectivity index is 2.23. The van der Waals surface area contributed by atoms with E-state index in [4.69, 9.17) is 5.21 Å². The predicted molar refractivity (Wildman–Crippen MR) is 73.8 cm³/mol. The summed E-state index contributed by atoms with van der Waals surface area (Å²) in [6.07, 6.45) is 2.88. The van der Waals surface area contributed by atoms with Crippen LogP contribution in [0, 0.1) is 24.5 Å². The average Bonchev–Trinajstić information content (AvgIpc) is 2.57. The second-order valence-electron chi connectivity index (χ2n) is 6.27. The molecule has 0 saturated carbocycles. The Kier molecular flexibility index (Phi) is 3.97. The lowest BCUT2D eigenvalue weighted by molar-refractivity contribution is -0.304. The fraction of sp³-hybridized carbons (Fsp3) is 0.600. The zero-order chi connectivity index (χ0) is 14.2. The van der Waals surface area contributed by atoms with Crippen LogP contribution in [0.3, 0.4) is 0 Å². The summed E-state index contributed by atoms with van der Waals surface area (Å²) in [5, 5.41) is 18.3. The smallest absolute Gasteiger partial charge is 0.0740 e. The van der Waals surface area contributed by atoms with Crippen LogP contribution in [0.4, 0.5) is 0 Å². The van der Waals surface area contributed by atoms with Crippen molar-refractivity contribution in [1.82, 2.24) is 5.39 Å². The van der Waals surface area contributed by atoms with Crippen molar-refractivity contribution in [1.29, 1.82) is 0 Å². The van der Waals surface area contributed by atoms with Gasteiger partial charge in [-0.1, -0.05) is 19.9 Å². The molecule has 0 heterocycles. The zero-order valence-electron chi connectivity index (χ0n) is 12.1. The van der Waals surface area contributed by atoms with Gasteiger partial charge in [0.15, 0.2) is 0 Å². The highest BCUT2D eigenvalue weighted by Gasteiger charge is 2.30. The van der Waals surface area contributed by atoms with Gasteiger partial charge in [0.05, 0.1) is 6.61 Å². The van der Waals surface area contributed by atoms with E-state index in [0.29, 0.717) is 11.8 Å². The summed E-state index contributed by atoms with van der Waals surface area (Å²) < 4.78 is 0. The molecule has 1 aliphatic carbocycles. The molecule has 19 heavy (non-hydrogen) atoms. The van der Waals surface area contributed by atoms with Crippen molar-refractivity contribution in [2.45, 2.75) is 47.0 Å². The fourth-order valence-electron chi connectivity index (χ4n) is 3.23. The van der Waals surface area contributed by atoms with Gasteiger partial charge in [-0.3, -0.25) is 4.84 Å². The van der Waals surface area contributed by atoms with Gasteiger partial charge < -0.3 is 10.4 Å². The molecule has 1 N–H and O–H groups in total. The highest BCUT2D eigenvalue weighted by atomic mass is 17.1. The predicted octanol–water partition coefficient (Wildman–Crippen LogP) is 3.09. The fourth-order valence-corrected chi connectivity index (χ4v) is 3.23. The van der Waals surface area contributed by atoms with Crippen LogP contribution in [0.25, 0.3) is 0 Å². The second kappa shape index (κ2) is 5.21. The molecule has 0 aromatic heterocycles. The molecule has 4 heteroatoms. The van der Waals surface area contributed by atoms with E-state index in [1.807, 2.05) is 0 Å². The normalized spacial score (nSPS) is 17.0. The summed E-state index contributed by atoms with van der Waals surface area (Å²) >= 11 is 0. The molecule has 1 aromatic rings. The van der Waals surface area contributed by atoms with Crippen molar-refractivity contribution in [2.75, 3.05) is 6.61 Å². The first kappa shape index (κ1) is 14.5. The van der Waals surface area contributed by atoms with E-state index in [-0.39, 0.29) is 6.61 Å². The molecule has 1 aliphatic rings. The van der Waals surface area contributed by atoms with Gasteiger partial charge in [0.2, 0.25) is 0 Å². The number of aryl methyl sites for hydroxylation is 1. The summed E-state index contributed by atoms with van der Waals surface area (Å²) in [6, 6.07) is 2.26. The third-order valence-electron chi connectivity index (χ3n) is 4.04. The summed E-state index contributed by atoms with van der Waals surface area (Å²) in [5.41, 5.74) is 7.04. The molecule has 1 aromatic carbocycles. The Bertz CT molecular complexity index is 481. The van der Waals surface area contributed by atoms with Crippen LogP contribution in [0.5, 0.6) is 0 Å². The van der Waals surface area contributed by atoms with Crippen molar-refractivity contribution in [2.24, 2.45) is 5.41 Å². The van der Waals surface area contributed by atoms with Crippen LogP contribution < -0.4 is 0 Å². The molecule has 0 amide bonds. The minimum Gasteiger partial charge on any atom is -0.738 e. The first-order valence-corrected chi connectivity index (χ1v) is 6.70. The van der Waals surface area contributed by atoms with Crippen LogP contribution in [0.1, 0.15) is 41.7 Å². The van der Waals surface area contributed by atoms with E-state index >= 15 is 0 Å². The van der Waals surface area contributed by atoms with Crippen LogP contribution in [-0.2, 0) is 24.1 Å². The van der Waals surface area contributed by atoms with E-state index in [0.717, 1.165) is 12.8 Å². The molecule has 0 aliphatic heterocycles. The molecular weight excluding hydrogens is 242 g/mol. The third-order valence-corrected chi connectivity index (χ3v) is 4.04. The first-order valence-electron chi connectivity index (χ1n) is 6.70. The molecule has 0 fully saturated rings. The van der Waals surface area contributed by atoms with Crippen molar-refractivity contribution < 1.29 is 10.0 Å². The zero-order valence-corrected chi connectivity index (χ0v) is 12.1. The molecule has 0 unspecified atom stereocenters. The maximum Gasteiger partial charge on any atom is 0.0740 e. The molecule has 106 valence electrons. The second-order valence-corrected chi connectivity index (χ2v) is 6.27. The Labute approximate surface area is 114 Å². The molecular formula is C15H22NO3-. The largest absolute Gasteiger partial charge is 0.738 e. The van der Waals surface area contributed by atoms with Gasteiger partial charge in [0, 0.05) is 0 Å². The van der Waals surface area contributed by atoms with Gasteiger partial charge in [-0.15, -0.1) is 5.39 Å². The summed E-state index contributed by atoms with van der Waals surface area (Å²) in [5.74, 6) is 0. The highest BCUT2D eigenvalue weighted by Crippen LogP contribution is 2.39. The van der Waals surface area contributed by atoms with Crippen LogP contribution >= 0.6 is 0 Å². The van der Waals surface area contributed by atoms with Crippen LogP contribution in [0.15, 0.2) is 6.07 Å². The molecule has 4 nitrogen and oxygen atoms in total. The lowest BCUT2D eigenvalue weighted by Crippen LogP contribution is -2.14. The SMILES string of the molecule is Cc1cc2c(c(C)c1CCON([O-])O)CC(C)(C)C2. The quantitative estimate of drug-likeness (QED) is 0.849. The molecule has 0 atom stereocenters. The lowest BCUT2D eigenvalue weighted by Gasteiger charge is -2.20. The number of rotatable bonds is 4. The average molecular weight is 264 g/mol. The number of benzene rings is 1. The van der Waals surface area contributed by atoms with Crippen molar-refractivity contribution in [3.63, 3.8) is 0 Å². The molecule has 0 bridgehead atoms. The lowest BCUT2D eigenvalue weighted by atomic mass is 9.89. The van der Waals surface area contributed by atoms with E-state index in [1.165, 1.54) is 27.8 Å². The van der Waals surface area contributed by atoms with Crippen LogP contribution in [0.2, 0.25) is 0 Å². The first-order chi connectivity index (χ1) is 8.80. The Morgan fingerprint density at radius 1 is 1.37 bits per heavy atom. The minimum atomic E-state index is -0.471. The van der Waals surface area contributed by atoms with Gasteiger partial charge in [-0.2, -0.15) is 0 Å². The van der Waals surface area contributed by atoms with E-state index in [2.05, 4.69) is 38.6 Å². The molecule has 0 saturated heterocycles. The van der Waals surface area contributed by atoms with E-state index < -0.39 is 5.39 Å². The van der Waals surface area contributed by atoms with Crippen molar-refractivity contribution >= 4 is 0 Å². The van der Waals surface area contributed by atoms with Gasteiger partial charge in [0.25, 0.3) is 0 Å². The van der Waals surface area contributed by atoms with Gasteiger partial charge in [-0.05, 0) is 66.3 Å². The van der Waals surface area contributed by atoms with E-state index in [1.54, 1.807) is 0 Å². The molecule has 2 rings (SSSR count). The topological polar surface area (TPSA) is 55.8 Å². The number of hydrogen-bond acceptors (Lipinski definition) is 4. The standard InChI is InChI=1S/C15H22NO3/c1-10-7-12-8-15(3,4)9-14(12)11(2)13(10)5-6-19-16(17)18/h7,17H,5-6,8-9H2,1-4H3/q-1. The molecule has 0 radical (unpaired) electrons. The van der Waals surface area contributed by atoms with Gasteiger partial charge in [0.1, 0.15) is 0 Å². The summed E-state index contributed by atoms with van der Waals surface area (Å²) in [6.45, 7) is 9.04. The number of hydrogen-bond donors (Lipinski definition) is 1. The highest BCUT2D eigenvalue weighted by molar-refractivity contribution is 5.48. The Morgan fingerprint density at radius 3 is 2.68 bits per heavy atom. The van der Waals surface area contributed by atoms with Crippen LogP contribution in [-0.4, -0.2) is 17.2 Å². The van der Waals surface area contributed by atoms with Crippen molar-refractivity contribution in [3.05, 3.63) is 39.1 Å².